The highest BCUT2D eigenvalue weighted by molar-refractivity contribution is 5.59. The van der Waals surface area contributed by atoms with Gasteiger partial charge < -0.3 is 4.74 Å². The number of terminal acetylenes is 1. The van der Waals surface area contributed by atoms with Gasteiger partial charge in [0.1, 0.15) is 12.1 Å². The van der Waals surface area contributed by atoms with Gasteiger partial charge in [-0.05, 0) is 24.3 Å². The van der Waals surface area contributed by atoms with Crippen LogP contribution in [0, 0.1) is 12.5 Å². The molecule has 0 radical (unpaired) electrons. The topological polar surface area (TPSA) is 27.1 Å². The Kier molecular flexibility index (Phi) is 2.42. The first-order valence-electron chi connectivity index (χ1n) is 4.48. The average Bonchev–Trinajstić information content (AvgIpc) is 2.78. The zero-order valence-electron chi connectivity index (χ0n) is 8.34. The fourth-order valence-corrected chi connectivity index (χ4v) is 1.30. The Bertz CT molecular complexity index is 491. The lowest BCUT2D eigenvalue weighted by Crippen LogP contribution is -1.82. The molecule has 3 heteroatoms. The molecule has 0 spiro atoms. The highest BCUT2D eigenvalue weighted by Crippen LogP contribution is 2.20. The third-order valence-electron chi connectivity index (χ3n) is 2.12. The summed E-state index contributed by atoms with van der Waals surface area (Å²) in [4.78, 5) is 4.19. The molecule has 1 aromatic carbocycles. The van der Waals surface area contributed by atoms with E-state index in [-0.39, 0.29) is 0 Å². The summed E-state index contributed by atoms with van der Waals surface area (Å²) in [5, 5.41) is 0. The van der Waals surface area contributed by atoms with E-state index in [0.29, 0.717) is 0 Å². The second-order valence-electron chi connectivity index (χ2n) is 3.02. The minimum absolute atomic E-state index is 0.829. The largest absolute Gasteiger partial charge is 0.497 e. The molecule has 0 aliphatic carbocycles. The predicted molar refractivity (Wildman–Crippen MR) is 58.4 cm³/mol. The molecule has 2 rings (SSSR count). The number of nitrogens with zero attached hydrogens (tertiary/aromatic N) is 2. The fraction of sp³-hybridized carbons (Fsp3) is 0.0833. The summed E-state index contributed by atoms with van der Waals surface area (Å²) in [5.41, 5.74) is 1.88. The van der Waals surface area contributed by atoms with Crippen LogP contribution in [0.5, 0.6) is 5.75 Å². The van der Waals surface area contributed by atoms with E-state index < -0.39 is 0 Å². The van der Waals surface area contributed by atoms with E-state index in [1.54, 1.807) is 18.0 Å². The van der Waals surface area contributed by atoms with Crippen LogP contribution in [-0.2, 0) is 0 Å². The van der Waals surface area contributed by atoms with Crippen LogP contribution in [0.3, 0.4) is 0 Å². The molecule has 0 saturated carbocycles. The van der Waals surface area contributed by atoms with Gasteiger partial charge in [-0.25, -0.2) is 4.98 Å². The molecule has 3 nitrogen and oxygen atoms in total. The smallest absolute Gasteiger partial charge is 0.118 e. The maximum absolute atomic E-state index is 5.24. The number of ether oxygens (including phenoxy) is 1. The molecular formula is C12H10N2O. The molecule has 0 atom stereocenters. The summed E-state index contributed by atoms with van der Waals surface area (Å²) in [6.45, 7) is 0. The van der Waals surface area contributed by atoms with Gasteiger partial charge in [0, 0.05) is 17.8 Å². The lowest BCUT2D eigenvalue weighted by molar-refractivity contribution is 0.415. The van der Waals surface area contributed by atoms with E-state index in [4.69, 9.17) is 11.2 Å². The van der Waals surface area contributed by atoms with Crippen molar-refractivity contribution >= 4 is 0 Å². The lowest BCUT2D eigenvalue weighted by atomic mass is 10.2. The van der Waals surface area contributed by atoms with Crippen LogP contribution >= 0.6 is 0 Å². The van der Waals surface area contributed by atoms with E-state index in [0.717, 1.165) is 17.0 Å². The minimum Gasteiger partial charge on any atom is -0.497 e. The molecule has 0 bridgehead atoms. The molecule has 0 aliphatic heterocycles. The first kappa shape index (κ1) is 9.35. The third-order valence-corrected chi connectivity index (χ3v) is 2.12. The number of imidazole rings is 1. The summed E-state index contributed by atoms with van der Waals surface area (Å²) in [7, 11) is 1.64. The van der Waals surface area contributed by atoms with Gasteiger partial charge in [0.25, 0.3) is 0 Å². The molecule has 2 aromatic rings. The minimum atomic E-state index is 0.829. The molecule has 1 aromatic heterocycles. The first-order chi connectivity index (χ1) is 7.33. The Hall–Kier alpha value is -2.21. The van der Waals surface area contributed by atoms with Gasteiger partial charge in [-0.1, -0.05) is 6.42 Å². The van der Waals surface area contributed by atoms with Crippen molar-refractivity contribution in [3.8, 4) is 29.5 Å². The highest BCUT2D eigenvalue weighted by atomic mass is 16.5. The Balaban J connectivity index is 2.33. The summed E-state index contributed by atoms with van der Waals surface area (Å²) in [5.74, 6) is 0.829. The summed E-state index contributed by atoms with van der Waals surface area (Å²) in [6, 6.07) is 10.1. The van der Waals surface area contributed by atoms with Gasteiger partial charge in [0.2, 0.25) is 0 Å². The van der Waals surface area contributed by atoms with Crippen molar-refractivity contribution in [1.29, 1.82) is 0 Å². The Morgan fingerprint density at radius 3 is 2.60 bits per heavy atom. The van der Waals surface area contributed by atoms with Crippen LogP contribution in [0.25, 0.3) is 11.3 Å². The number of hydrogen-bond donors (Lipinski definition) is 0. The quantitative estimate of drug-likeness (QED) is 0.690. The highest BCUT2D eigenvalue weighted by Gasteiger charge is 2.01. The van der Waals surface area contributed by atoms with Gasteiger partial charge >= 0.3 is 0 Å². The molecule has 15 heavy (non-hydrogen) atoms. The number of hydrogen-bond acceptors (Lipinski definition) is 2. The van der Waals surface area contributed by atoms with Crippen LogP contribution in [0.1, 0.15) is 0 Å². The van der Waals surface area contributed by atoms with Gasteiger partial charge in [-0.3, -0.25) is 4.57 Å². The van der Waals surface area contributed by atoms with Crippen molar-refractivity contribution < 1.29 is 4.74 Å². The lowest BCUT2D eigenvalue weighted by Gasteiger charge is -1.99. The summed E-state index contributed by atoms with van der Waals surface area (Å²) < 4.78 is 6.66. The molecule has 0 unspecified atom stereocenters. The normalized spacial score (nSPS) is 9.60. The van der Waals surface area contributed by atoms with Crippen molar-refractivity contribution in [3.05, 3.63) is 36.8 Å². The van der Waals surface area contributed by atoms with E-state index in [2.05, 4.69) is 11.0 Å². The second-order valence-corrected chi connectivity index (χ2v) is 3.02. The predicted octanol–water partition coefficient (Wildman–Crippen LogP) is 2.00. The van der Waals surface area contributed by atoms with Crippen molar-refractivity contribution in [2.45, 2.75) is 0 Å². The van der Waals surface area contributed by atoms with Crippen LogP contribution in [0.15, 0.2) is 36.8 Å². The van der Waals surface area contributed by atoms with Crippen LogP contribution in [-0.4, -0.2) is 16.7 Å². The maximum atomic E-state index is 5.24. The van der Waals surface area contributed by atoms with Gasteiger partial charge in [0.15, 0.2) is 0 Å². The van der Waals surface area contributed by atoms with E-state index >= 15 is 0 Å². The van der Waals surface area contributed by atoms with Crippen molar-refractivity contribution in [2.75, 3.05) is 7.11 Å². The summed E-state index contributed by atoms with van der Waals surface area (Å²) >= 11 is 0. The third kappa shape index (κ3) is 1.84. The molecule has 0 saturated heterocycles. The number of rotatable bonds is 2. The summed E-state index contributed by atoms with van der Waals surface area (Å²) in [6.07, 6.45) is 8.66. The van der Waals surface area contributed by atoms with Gasteiger partial charge in [-0.15, -0.1) is 0 Å². The monoisotopic (exact) mass is 198 g/mol. The van der Waals surface area contributed by atoms with Crippen molar-refractivity contribution in [3.63, 3.8) is 0 Å². The molecule has 0 fully saturated rings. The SMILES string of the molecule is C#Cn1cnc(-c2ccc(OC)cc2)c1. The molecule has 0 amide bonds. The van der Waals surface area contributed by atoms with Gasteiger partial charge in [0.05, 0.1) is 12.8 Å². The zero-order valence-corrected chi connectivity index (χ0v) is 8.34. The molecule has 1 heterocycles. The number of aromatic nitrogens is 2. The number of methoxy groups -OCH3 is 1. The van der Waals surface area contributed by atoms with E-state index in [9.17, 15) is 0 Å². The Labute approximate surface area is 88.3 Å². The van der Waals surface area contributed by atoms with E-state index in [1.165, 1.54) is 0 Å². The molecule has 74 valence electrons. The Morgan fingerprint density at radius 2 is 2.07 bits per heavy atom. The van der Waals surface area contributed by atoms with Crippen LogP contribution in [0.4, 0.5) is 0 Å². The van der Waals surface area contributed by atoms with Gasteiger partial charge in [-0.2, -0.15) is 0 Å². The van der Waals surface area contributed by atoms with Crippen LogP contribution < -0.4 is 4.74 Å². The zero-order chi connectivity index (χ0) is 10.7. The molecule has 0 aliphatic rings. The molecule has 0 N–H and O–H groups in total. The van der Waals surface area contributed by atoms with Crippen molar-refractivity contribution in [2.24, 2.45) is 0 Å². The number of benzene rings is 1. The maximum Gasteiger partial charge on any atom is 0.118 e. The Morgan fingerprint density at radius 1 is 1.33 bits per heavy atom. The van der Waals surface area contributed by atoms with E-state index in [1.807, 2.05) is 30.5 Å². The second kappa shape index (κ2) is 3.89. The fourth-order valence-electron chi connectivity index (χ4n) is 1.30. The average molecular weight is 198 g/mol. The standard InChI is InChI=1S/C12H10N2O/c1-3-14-8-12(13-9-14)10-4-6-11(15-2)7-5-10/h1,4-9H,2H3. The van der Waals surface area contributed by atoms with Crippen molar-refractivity contribution in [1.82, 2.24) is 9.55 Å². The molecular weight excluding hydrogens is 188 g/mol. The van der Waals surface area contributed by atoms with Crippen LogP contribution in [0.2, 0.25) is 0 Å². The first-order valence-corrected chi connectivity index (χ1v) is 4.48.